The Labute approximate surface area is 176 Å². The first-order valence-corrected chi connectivity index (χ1v) is 9.60. The van der Waals surface area contributed by atoms with E-state index in [9.17, 15) is 10.2 Å². The van der Waals surface area contributed by atoms with E-state index in [4.69, 9.17) is 26.4 Å². The lowest BCUT2D eigenvalue weighted by molar-refractivity contribution is 0.0534. The molecule has 0 heterocycles. The number of halogens is 1. The Morgan fingerprint density at radius 1 is 0.897 bits per heavy atom. The van der Waals surface area contributed by atoms with Crippen molar-refractivity contribution in [1.82, 2.24) is 4.84 Å². The molecule has 0 unspecified atom stereocenters. The van der Waals surface area contributed by atoms with E-state index in [2.05, 4.69) is 16.7 Å². The molecular weight excluding hydrogens is 394 g/mol. The van der Waals surface area contributed by atoms with Crippen LogP contribution < -0.4 is 14.3 Å². The Balaban J connectivity index is 2.02. The quantitative estimate of drug-likeness (QED) is 0.366. The Kier molecular flexibility index (Phi) is 9.26. The number of benzene rings is 2. The molecule has 0 saturated carbocycles. The zero-order valence-electron chi connectivity index (χ0n) is 16.5. The molecule has 0 bridgehead atoms. The second-order valence-corrected chi connectivity index (χ2v) is 6.93. The molecule has 29 heavy (non-hydrogen) atoms. The average molecular weight is 420 g/mol. The average Bonchev–Trinajstić information content (AvgIpc) is 2.70. The molecule has 0 saturated heterocycles. The van der Waals surface area contributed by atoms with Crippen LogP contribution in [0.25, 0.3) is 0 Å². The van der Waals surface area contributed by atoms with Crippen LogP contribution in [0.2, 0.25) is 0 Å². The molecule has 2 aromatic rings. The van der Waals surface area contributed by atoms with Gasteiger partial charge in [0.25, 0.3) is 0 Å². The van der Waals surface area contributed by atoms with Crippen LogP contribution in [0.1, 0.15) is 22.3 Å². The first kappa shape index (κ1) is 23.0. The number of nitrogens with one attached hydrogen (secondary N) is 1. The third-order valence-corrected chi connectivity index (χ3v) is 4.24. The Morgan fingerprint density at radius 3 is 1.79 bits per heavy atom. The van der Waals surface area contributed by atoms with Gasteiger partial charge in [0.15, 0.2) is 0 Å². The van der Waals surface area contributed by atoms with Gasteiger partial charge in [0.05, 0.1) is 6.61 Å². The lowest BCUT2D eigenvalue weighted by atomic mass is 10.1. The molecule has 0 amide bonds. The summed E-state index contributed by atoms with van der Waals surface area (Å²) in [6.07, 6.45) is -1.59. The fourth-order valence-electron chi connectivity index (χ4n) is 2.50. The van der Waals surface area contributed by atoms with Gasteiger partial charge in [0.1, 0.15) is 36.9 Å². The van der Waals surface area contributed by atoms with E-state index in [1.807, 2.05) is 44.2 Å². The molecule has 2 aromatic carbocycles. The van der Waals surface area contributed by atoms with Gasteiger partial charge in [-0.05, 0) is 73.1 Å². The van der Waals surface area contributed by atoms with Gasteiger partial charge in [-0.15, -0.1) is 0 Å². The van der Waals surface area contributed by atoms with Crippen molar-refractivity contribution in [2.45, 2.75) is 26.1 Å². The maximum absolute atomic E-state index is 9.65. The van der Waals surface area contributed by atoms with E-state index in [0.717, 1.165) is 22.3 Å². The second-order valence-electron chi connectivity index (χ2n) is 6.66. The van der Waals surface area contributed by atoms with E-state index >= 15 is 0 Å². The van der Waals surface area contributed by atoms with Crippen LogP contribution in [-0.2, 0) is 0 Å². The van der Waals surface area contributed by atoms with Gasteiger partial charge < -0.3 is 24.8 Å². The molecule has 0 fully saturated rings. The Bertz CT molecular complexity index is 862. The summed E-state index contributed by atoms with van der Waals surface area (Å²) in [6, 6.07) is 11.2. The monoisotopic (exact) mass is 419 g/mol. The largest absolute Gasteiger partial charge is 0.491 e. The van der Waals surface area contributed by atoms with Crippen molar-refractivity contribution >= 4 is 11.8 Å². The third-order valence-electron chi connectivity index (χ3n) is 4.09. The van der Waals surface area contributed by atoms with E-state index in [-0.39, 0.29) is 26.4 Å². The van der Waals surface area contributed by atoms with Crippen LogP contribution in [0.3, 0.4) is 0 Å². The van der Waals surface area contributed by atoms with Gasteiger partial charge in [0, 0.05) is 17.7 Å². The molecule has 0 aromatic heterocycles. The zero-order valence-corrected chi connectivity index (χ0v) is 17.2. The highest BCUT2D eigenvalue weighted by Crippen LogP contribution is 2.20. The fraction of sp³-hybridized carbons (Fsp3) is 0.364. The minimum atomic E-state index is -0.899. The van der Waals surface area contributed by atoms with Crippen LogP contribution >= 0.6 is 11.8 Å². The van der Waals surface area contributed by atoms with E-state index in [0.29, 0.717) is 11.5 Å². The smallest absolute Gasteiger partial charge is 0.122 e. The van der Waals surface area contributed by atoms with E-state index in [1.54, 1.807) is 6.07 Å². The van der Waals surface area contributed by atoms with E-state index < -0.39 is 12.2 Å². The maximum atomic E-state index is 9.65. The number of aliphatic hydroxyl groups is 3. The number of hydrogen-bond donors (Lipinski definition) is 4. The minimum Gasteiger partial charge on any atom is -0.491 e. The molecular formula is C22H26ClNO5. The summed E-state index contributed by atoms with van der Waals surface area (Å²) in [5.74, 6) is 7.58. The Morgan fingerprint density at radius 2 is 1.38 bits per heavy atom. The number of rotatable bonds is 9. The summed E-state index contributed by atoms with van der Waals surface area (Å²) >= 11 is 5.36. The summed E-state index contributed by atoms with van der Waals surface area (Å²) in [7, 11) is 0. The highest BCUT2D eigenvalue weighted by molar-refractivity contribution is 6.13. The molecule has 156 valence electrons. The van der Waals surface area contributed by atoms with Gasteiger partial charge in [-0.2, -0.15) is 0 Å². The van der Waals surface area contributed by atoms with Crippen molar-refractivity contribution < 1.29 is 24.8 Å². The Hall–Kier alpha value is -2.27. The highest BCUT2D eigenvalue weighted by atomic mass is 35.5. The van der Waals surface area contributed by atoms with Gasteiger partial charge in [-0.3, -0.25) is 0 Å². The third kappa shape index (κ3) is 7.58. The molecule has 2 atom stereocenters. The molecule has 0 aliphatic rings. The first-order chi connectivity index (χ1) is 13.9. The predicted molar refractivity (Wildman–Crippen MR) is 112 cm³/mol. The van der Waals surface area contributed by atoms with Crippen molar-refractivity contribution in [3.05, 3.63) is 58.7 Å². The lowest BCUT2D eigenvalue weighted by Crippen LogP contribution is -2.27. The summed E-state index contributed by atoms with van der Waals surface area (Å²) in [4.78, 5) is 2.38. The molecule has 0 aliphatic heterocycles. The van der Waals surface area contributed by atoms with Crippen molar-refractivity contribution in [2.24, 2.45) is 0 Å². The SMILES string of the molecule is Cc1cc(C#Cc2ccc(OC[C@H](O)CNCl)c(C)c2)ccc1OC[C@H](O)CO. The van der Waals surface area contributed by atoms with Crippen molar-refractivity contribution in [1.29, 1.82) is 0 Å². The van der Waals surface area contributed by atoms with Gasteiger partial charge >= 0.3 is 0 Å². The van der Waals surface area contributed by atoms with Gasteiger partial charge in [-0.25, -0.2) is 4.84 Å². The van der Waals surface area contributed by atoms with Crippen LogP contribution in [0.4, 0.5) is 0 Å². The summed E-state index contributed by atoms with van der Waals surface area (Å²) in [5.41, 5.74) is 3.51. The predicted octanol–water partition coefficient (Wildman–Crippen LogP) is 1.92. The van der Waals surface area contributed by atoms with Crippen molar-refractivity contribution in [3.63, 3.8) is 0 Å². The van der Waals surface area contributed by atoms with Gasteiger partial charge in [0.2, 0.25) is 0 Å². The molecule has 0 radical (unpaired) electrons. The highest BCUT2D eigenvalue weighted by Gasteiger charge is 2.07. The van der Waals surface area contributed by atoms with Crippen LogP contribution in [0.15, 0.2) is 36.4 Å². The van der Waals surface area contributed by atoms with E-state index in [1.165, 1.54) is 0 Å². The maximum Gasteiger partial charge on any atom is 0.122 e. The first-order valence-electron chi connectivity index (χ1n) is 9.22. The van der Waals surface area contributed by atoms with Crippen LogP contribution in [-0.4, -0.2) is 53.9 Å². The molecule has 4 N–H and O–H groups in total. The molecule has 7 heteroatoms. The van der Waals surface area contributed by atoms with Gasteiger partial charge in [-0.1, -0.05) is 11.8 Å². The lowest BCUT2D eigenvalue weighted by Gasteiger charge is -2.13. The second kappa shape index (κ2) is 11.7. The minimum absolute atomic E-state index is 0.0372. The summed E-state index contributed by atoms with van der Waals surface area (Å²) in [5, 5.41) is 27.9. The topological polar surface area (TPSA) is 91.2 Å². The molecule has 0 spiro atoms. The zero-order chi connectivity index (χ0) is 21.2. The summed E-state index contributed by atoms with van der Waals surface area (Å²) in [6.45, 7) is 3.91. The fourth-order valence-corrected chi connectivity index (χ4v) is 2.67. The number of aliphatic hydroxyl groups excluding tert-OH is 3. The number of hydrogen-bond acceptors (Lipinski definition) is 6. The van der Waals surface area contributed by atoms with Crippen molar-refractivity contribution in [2.75, 3.05) is 26.4 Å². The van der Waals surface area contributed by atoms with Crippen LogP contribution in [0.5, 0.6) is 11.5 Å². The molecule has 0 aliphatic carbocycles. The normalized spacial score (nSPS) is 12.6. The molecule has 6 nitrogen and oxygen atoms in total. The summed E-state index contributed by atoms with van der Waals surface area (Å²) < 4.78 is 11.1. The number of aryl methyl sites for hydroxylation is 2. The van der Waals surface area contributed by atoms with Crippen LogP contribution in [0, 0.1) is 25.7 Å². The standard InChI is InChI=1S/C22H26ClNO5/c1-15-9-17(5-7-21(15)28-13-19(26)11-24-23)3-4-18-6-8-22(16(2)10-18)29-14-20(27)12-25/h5-10,19-20,24-27H,11-14H2,1-2H3/t19-,20-/m1/s1. The number of ether oxygens (including phenoxy) is 2. The molecule has 2 rings (SSSR count). The van der Waals surface area contributed by atoms with Crippen molar-refractivity contribution in [3.8, 4) is 23.3 Å².